The van der Waals surface area contributed by atoms with Crippen molar-refractivity contribution in [1.82, 2.24) is 0 Å². The third kappa shape index (κ3) is 6.15. The summed E-state index contributed by atoms with van der Waals surface area (Å²) in [5.74, 6) is 0.466. The van der Waals surface area contributed by atoms with E-state index in [-0.39, 0.29) is 0 Å². The molecule has 51 heavy (non-hydrogen) atoms. The number of fused-ring (bicyclic) bond motifs is 5. The van der Waals surface area contributed by atoms with Crippen LogP contribution in [0, 0.1) is 0 Å². The molecule has 0 spiro atoms. The molecular formula is C46H36BO3P. The van der Waals surface area contributed by atoms with Gasteiger partial charge < -0.3 is 14.7 Å². The first-order valence-electron chi connectivity index (χ1n) is 17.1. The van der Waals surface area contributed by atoms with Gasteiger partial charge in [-0.3, -0.25) is 0 Å². The quantitative estimate of drug-likeness (QED) is 0.0801. The van der Waals surface area contributed by atoms with Crippen LogP contribution in [0.15, 0.2) is 200 Å². The van der Waals surface area contributed by atoms with E-state index in [0.717, 1.165) is 26.9 Å². The number of hydrogen-bond donors (Lipinski definition) is 2. The molecule has 5 heteroatoms. The molecule has 0 aliphatic heterocycles. The Hall–Kier alpha value is -5.77. The number of benzene rings is 9. The van der Waals surface area contributed by atoms with Crippen molar-refractivity contribution in [2.75, 3.05) is 0 Å². The van der Waals surface area contributed by atoms with Crippen molar-refractivity contribution in [3.63, 3.8) is 0 Å². The molecule has 0 bridgehead atoms. The topological polar surface area (TPSA) is 49.7 Å². The van der Waals surface area contributed by atoms with Crippen LogP contribution < -0.4 is 25.9 Å². The second-order valence-corrected chi connectivity index (χ2v) is 16.4. The second-order valence-electron chi connectivity index (χ2n) is 12.7. The van der Waals surface area contributed by atoms with Gasteiger partial charge in [-0.1, -0.05) is 48.5 Å². The molecular weight excluding hydrogens is 642 g/mol. The van der Waals surface area contributed by atoms with Gasteiger partial charge in [0.2, 0.25) is 0 Å². The van der Waals surface area contributed by atoms with Crippen LogP contribution in [0.1, 0.15) is 0 Å². The van der Waals surface area contributed by atoms with E-state index >= 15 is 0 Å². The summed E-state index contributed by atoms with van der Waals surface area (Å²) in [6, 6.07) is 70.9. The van der Waals surface area contributed by atoms with Crippen molar-refractivity contribution in [1.29, 1.82) is 0 Å². The van der Waals surface area contributed by atoms with Crippen molar-refractivity contribution in [3.8, 4) is 5.75 Å². The first kappa shape index (κ1) is 32.4. The summed E-state index contributed by atoms with van der Waals surface area (Å²) in [5.41, 5.74) is 0. The minimum atomic E-state index is -2.46. The van der Waals surface area contributed by atoms with Gasteiger partial charge in [-0.2, -0.15) is 0 Å². The molecule has 3 nitrogen and oxygen atoms in total. The predicted octanol–water partition coefficient (Wildman–Crippen LogP) is 8.69. The SMILES string of the molecule is OB(O)Oc1cccc2ccc3cc4ccccc4cc3c12.c1ccc([PH](c2ccccc2)(c2ccccc2)c2cccc3ccccc23)cc1. The van der Waals surface area contributed by atoms with Gasteiger partial charge >= 0.3 is 180 Å². The average molecular weight is 679 g/mol. The van der Waals surface area contributed by atoms with E-state index in [2.05, 4.69) is 164 Å². The van der Waals surface area contributed by atoms with Gasteiger partial charge in [0.25, 0.3) is 0 Å². The molecule has 0 radical (unpaired) electrons. The van der Waals surface area contributed by atoms with Crippen LogP contribution in [0.2, 0.25) is 0 Å². The van der Waals surface area contributed by atoms with Gasteiger partial charge in [0.15, 0.2) is 0 Å². The van der Waals surface area contributed by atoms with E-state index in [1.165, 1.54) is 37.4 Å². The summed E-state index contributed by atoms with van der Waals surface area (Å²) in [6.07, 6.45) is 0. The van der Waals surface area contributed by atoms with Crippen LogP contribution in [-0.4, -0.2) is 17.4 Å². The Morgan fingerprint density at radius 3 is 1.45 bits per heavy atom. The summed E-state index contributed by atoms with van der Waals surface area (Å²) in [7, 11) is -4.30. The molecule has 0 saturated heterocycles. The molecule has 9 rings (SSSR count). The first-order chi connectivity index (χ1) is 25.1. The maximum absolute atomic E-state index is 9.14. The third-order valence-electron chi connectivity index (χ3n) is 9.73. The number of rotatable bonds is 6. The first-order valence-corrected chi connectivity index (χ1v) is 19.1. The van der Waals surface area contributed by atoms with E-state index in [1.54, 1.807) is 6.07 Å². The zero-order chi connectivity index (χ0) is 34.6. The Kier molecular flexibility index (Phi) is 9.05. The van der Waals surface area contributed by atoms with Crippen LogP contribution in [0.5, 0.6) is 5.75 Å². The molecule has 9 aromatic rings. The number of hydrogen-bond acceptors (Lipinski definition) is 3. The van der Waals surface area contributed by atoms with Crippen LogP contribution in [-0.2, 0) is 0 Å². The van der Waals surface area contributed by atoms with E-state index in [4.69, 9.17) is 14.7 Å². The summed E-state index contributed by atoms with van der Waals surface area (Å²) < 4.78 is 5.16. The Morgan fingerprint density at radius 1 is 0.373 bits per heavy atom. The van der Waals surface area contributed by atoms with Crippen LogP contribution in [0.4, 0.5) is 0 Å². The minimum absolute atomic E-state index is 0.466. The normalized spacial score (nSPS) is 11.6. The molecule has 2 N–H and O–H groups in total. The fourth-order valence-electron chi connectivity index (χ4n) is 7.56. The van der Waals surface area contributed by atoms with E-state index < -0.39 is 14.6 Å². The molecule has 246 valence electrons. The van der Waals surface area contributed by atoms with Crippen molar-refractivity contribution >= 4 is 78.9 Å². The molecule has 0 saturated carbocycles. The predicted molar refractivity (Wildman–Crippen MR) is 220 cm³/mol. The van der Waals surface area contributed by atoms with Crippen molar-refractivity contribution < 1.29 is 14.7 Å². The third-order valence-corrected chi connectivity index (χ3v) is 14.6. The standard InChI is InChI=1S/C28H23P.C18H13BO3/c1-4-15-24(16-5-1)29(25-17-6-2-7-18-25,26-19-8-3-9-20-26)28-22-12-14-23-13-10-11-21-27(23)28;20-19(21)22-17-7-3-6-12-8-9-15-10-13-4-1-2-5-14(13)11-16(15)18(12)17/h1-22,29H;1-11,20-21H. The van der Waals surface area contributed by atoms with E-state index in [1.807, 2.05) is 30.3 Å². The van der Waals surface area contributed by atoms with E-state index in [0.29, 0.717) is 5.75 Å². The van der Waals surface area contributed by atoms with Crippen molar-refractivity contribution in [2.45, 2.75) is 0 Å². The second kappa shape index (κ2) is 14.2. The average Bonchev–Trinajstić information content (AvgIpc) is 3.19. The molecule has 0 aromatic heterocycles. The van der Waals surface area contributed by atoms with Crippen molar-refractivity contribution in [2.24, 2.45) is 0 Å². The molecule has 0 aliphatic carbocycles. The molecule has 0 atom stereocenters. The van der Waals surface area contributed by atoms with E-state index in [9.17, 15) is 0 Å². The summed E-state index contributed by atoms with van der Waals surface area (Å²) in [5, 5.41) is 32.9. The van der Waals surface area contributed by atoms with Gasteiger partial charge in [0, 0.05) is 5.39 Å². The Morgan fingerprint density at radius 2 is 0.843 bits per heavy atom. The molecule has 9 aromatic carbocycles. The molecule has 0 heterocycles. The summed E-state index contributed by atoms with van der Waals surface area (Å²) in [4.78, 5) is 0. The van der Waals surface area contributed by atoms with Gasteiger partial charge in [0.05, 0.1) is 0 Å². The monoisotopic (exact) mass is 678 g/mol. The fourth-order valence-corrected chi connectivity index (χ4v) is 12.6. The van der Waals surface area contributed by atoms with Crippen LogP contribution in [0.3, 0.4) is 0 Å². The summed E-state index contributed by atoms with van der Waals surface area (Å²) >= 11 is 0. The van der Waals surface area contributed by atoms with Gasteiger partial charge in [0.1, 0.15) is 5.75 Å². The molecule has 0 amide bonds. The van der Waals surface area contributed by atoms with Gasteiger partial charge in [-0.25, -0.2) is 0 Å². The Balaban J connectivity index is 0.000000152. The molecule has 0 unspecified atom stereocenters. The molecule has 0 fully saturated rings. The Bertz CT molecular complexity index is 2490. The zero-order valence-corrected chi connectivity index (χ0v) is 28.9. The van der Waals surface area contributed by atoms with Crippen LogP contribution >= 0.6 is 7.26 Å². The Labute approximate surface area is 298 Å². The fraction of sp³-hybridized carbons (Fsp3) is 0. The van der Waals surface area contributed by atoms with Crippen LogP contribution in [0.25, 0.3) is 43.1 Å². The summed E-state index contributed by atoms with van der Waals surface area (Å²) in [6.45, 7) is 0. The zero-order valence-electron chi connectivity index (χ0n) is 27.9. The maximum atomic E-state index is 9.14. The van der Waals surface area contributed by atoms with Gasteiger partial charge in [-0.15, -0.1) is 0 Å². The molecule has 0 aliphatic rings. The van der Waals surface area contributed by atoms with Gasteiger partial charge in [-0.05, 0) is 45.1 Å². The van der Waals surface area contributed by atoms with Crippen molar-refractivity contribution in [3.05, 3.63) is 200 Å².